The Balaban J connectivity index is 2.37. The highest BCUT2D eigenvalue weighted by Crippen LogP contribution is 2.37. The zero-order valence-electron chi connectivity index (χ0n) is 7.90. The van der Waals surface area contributed by atoms with Crippen molar-refractivity contribution in [1.29, 1.82) is 0 Å². The second kappa shape index (κ2) is 4.22. The third kappa shape index (κ3) is 2.08. The van der Waals surface area contributed by atoms with Crippen LogP contribution >= 0.6 is 27.5 Å². The van der Waals surface area contributed by atoms with Crippen LogP contribution in [0.1, 0.15) is 30.7 Å². The number of halogens is 3. The molecule has 1 atom stereocenters. The van der Waals surface area contributed by atoms with Gasteiger partial charge in [-0.15, -0.1) is 0 Å². The fraction of sp³-hybridized carbons (Fsp3) is 0.364. The van der Waals surface area contributed by atoms with Gasteiger partial charge in [0.1, 0.15) is 11.6 Å². The predicted molar refractivity (Wildman–Crippen MR) is 60.7 cm³/mol. The lowest BCUT2D eigenvalue weighted by atomic mass is 9.97. The number of hydrogen-bond acceptors (Lipinski definition) is 1. The fourth-order valence-corrected chi connectivity index (χ4v) is 2.41. The second-order valence-corrected chi connectivity index (χ2v) is 4.98. The number of carbonyl (C=O) groups excluding carboxylic acids is 1. The molecule has 0 N–H and O–H groups in total. The highest BCUT2D eigenvalue weighted by molar-refractivity contribution is 9.10. The molecule has 1 nitrogen and oxygen atoms in total. The quantitative estimate of drug-likeness (QED) is 0.713. The van der Waals surface area contributed by atoms with Gasteiger partial charge in [0, 0.05) is 17.3 Å². The van der Waals surface area contributed by atoms with Crippen molar-refractivity contribution in [3.05, 3.63) is 33.0 Å². The maximum Gasteiger partial charge on any atom is 0.146 e. The molecule has 0 aromatic heterocycles. The molecule has 0 radical (unpaired) electrons. The van der Waals surface area contributed by atoms with E-state index in [0.717, 1.165) is 6.42 Å². The number of hydrogen-bond donors (Lipinski definition) is 0. The normalized spacial score (nSPS) is 21.0. The van der Waals surface area contributed by atoms with Crippen molar-refractivity contribution in [2.75, 3.05) is 0 Å². The summed E-state index contributed by atoms with van der Waals surface area (Å²) in [5.41, 5.74) is 0.564. The van der Waals surface area contributed by atoms with Crippen LogP contribution in [-0.2, 0) is 4.79 Å². The molecule has 1 fully saturated rings. The lowest BCUT2D eigenvalue weighted by Gasteiger charge is -2.11. The van der Waals surface area contributed by atoms with Gasteiger partial charge in [0.25, 0.3) is 0 Å². The number of rotatable bonds is 1. The zero-order chi connectivity index (χ0) is 11.0. The molecule has 80 valence electrons. The zero-order valence-corrected chi connectivity index (χ0v) is 10.2. The molecule has 0 spiro atoms. The molecule has 0 saturated heterocycles. The summed E-state index contributed by atoms with van der Waals surface area (Å²) in [4.78, 5) is 11.1. The Labute approximate surface area is 101 Å². The van der Waals surface area contributed by atoms with Gasteiger partial charge in [-0.1, -0.05) is 17.7 Å². The molecule has 0 heterocycles. The van der Waals surface area contributed by atoms with Crippen molar-refractivity contribution in [2.24, 2.45) is 0 Å². The fourth-order valence-electron chi connectivity index (χ4n) is 1.94. The van der Waals surface area contributed by atoms with Gasteiger partial charge >= 0.3 is 0 Å². The van der Waals surface area contributed by atoms with Gasteiger partial charge in [-0.3, -0.25) is 4.79 Å². The second-order valence-electron chi connectivity index (χ2n) is 3.74. The maximum atomic E-state index is 13.8. The molecule has 1 saturated carbocycles. The summed E-state index contributed by atoms with van der Waals surface area (Å²) in [5, 5.41) is 0.104. The van der Waals surface area contributed by atoms with E-state index in [-0.39, 0.29) is 16.7 Å². The minimum Gasteiger partial charge on any atom is -0.300 e. The van der Waals surface area contributed by atoms with E-state index in [1.807, 2.05) is 0 Å². The van der Waals surface area contributed by atoms with Gasteiger partial charge in [0.2, 0.25) is 0 Å². The Kier molecular flexibility index (Phi) is 3.12. The van der Waals surface area contributed by atoms with Gasteiger partial charge in [-0.25, -0.2) is 4.39 Å². The van der Waals surface area contributed by atoms with Crippen molar-refractivity contribution in [3.63, 3.8) is 0 Å². The van der Waals surface area contributed by atoms with E-state index in [1.165, 1.54) is 0 Å². The van der Waals surface area contributed by atoms with Crippen LogP contribution in [0.25, 0.3) is 0 Å². The van der Waals surface area contributed by atoms with E-state index in [2.05, 4.69) is 15.9 Å². The van der Waals surface area contributed by atoms with Crippen LogP contribution in [0.2, 0.25) is 5.02 Å². The van der Waals surface area contributed by atoms with Crippen LogP contribution in [0.15, 0.2) is 16.6 Å². The molecule has 2 rings (SSSR count). The number of benzene rings is 1. The first-order chi connectivity index (χ1) is 7.09. The number of carbonyl (C=O) groups is 1. The van der Waals surface area contributed by atoms with Gasteiger partial charge in [0.05, 0.1) is 5.02 Å². The molecule has 1 aromatic rings. The van der Waals surface area contributed by atoms with Crippen molar-refractivity contribution in [1.82, 2.24) is 0 Å². The summed E-state index contributed by atoms with van der Waals surface area (Å²) in [7, 11) is 0. The smallest absolute Gasteiger partial charge is 0.146 e. The Morgan fingerprint density at radius 2 is 2.20 bits per heavy atom. The molecule has 1 aliphatic carbocycles. The SMILES string of the molecule is O=C1CCC(c2ccc(Br)c(Cl)c2F)C1. The van der Waals surface area contributed by atoms with E-state index in [4.69, 9.17) is 11.6 Å². The number of ketones is 1. The third-order valence-corrected chi connectivity index (χ3v) is 4.01. The van der Waals surface area contributed by atoms with Crippen molar-refractivity contribution < 1.29 is 9.18 Å². The molecule has 15 heavy (non-hydrogen) atoms. The van der Waals surface area contributed by atoms with Gasteiger partial charge in [-0.2, -0.15) is 0 Å². The van der Waals surface area contributed by atoms with E-state index < -0.39 is 5.82 Å². The molecule has 0 bridgehead atoms. The van der Waals surface area contributed by atoms with E-state index in [9.17, 15) is 9.18 Å². The summed E-state index contributed by atoms with van der Waals surface area (Å²) in [6.45, 7) is 0. The molecular formula is C11H9BrClFO. The summed E-state index contributed by atoms with van der Waals surface area (Å²) < 4.78 is 14.3. The summed E-state index contributed by atoms with van der Waals surface area (Å²) in [6.07, 6.45) is 1.72. The van der Waals surface area contributed by atoms with E-state index >= 15 is 0 Å². The van der Waals surface area contributed by atoms with Crippen LogP contribution < -0.4 is 0 Å². The standard InChI is InChI=1S/C11H9BrClFO/c12-9-4-3-8(11(14)10(9)13)6-1-2-7(15)5-6/h3-4,6H,1-2,5H2. The Morgan fingerprint density at radius 3 is 2.80 bits per heavy atom. The first-order valence-electron chi connectivity index (χ1n) is 4.74. The van der Waals surface area contributed by atoms with E-state index in [0.29, 0.717) is 22.9 Å². The molecular weight excluding hydrogens is 282 g/mol. The van der Waals surface area contributed by atoms with Crippen LogP contribution in [0, 0.1) is 5.82 Å². The Hall–Kier alpha value is -0.410. The molecule has 4 heteroatoms. The van der Waals surface area contributed by atoms with Gasteiger partial charge < -0.3 is 0 Å². The minimum absolute atomic E-state index is 0.00287. The van der Waals surface area contributed by atoms with E-state index in [1.54, 1.807) is 12.1 Å². The van der Waals surface area contributed by atoms with Crippen molar-refractivity contribution in [3.8, 4) is 0 Å². The van der Waals surface area contributed by atoms with Crippen LogP contribution in [0.5, 0.6) is 0 Å². The molecule has 1 aliphatic rings. The lowest BCUT2D eigenvalue weighted by Crippen LogP contribution is -1.99. The van der Waals surface area contributed by atoms with Crippen LogP contribution in [0.4, 0.5) is 4.39 Å². The summed E-state index contributed by atoms with van der Waals surface area (Å²) in [6, 6.07) is 3.43. The predicted octanol–water partition coefficient (Wildman–Crippen LogP) is 4.08. The topological polar surface area (TPSA) is 17.1 Å². The monoisotopic (exact) mass is 290 g/mol. The Bertz CT molecular complexity index is 419. The van der Waals surface area contributed by atoms with Gasteiger partial charge in [0.15, 0.2) is 0 Å². The Morgan fingerprint density at radius 1 is 1.47 bits per heavy atom. The van der Waals surface area contributed by atoms with Crippen LogP contribution in [-0.4, -0.2) is 5.78 Å². The first-order valence-corrected chi connectivity index (χ1v) is 5.91. The highest BCUT2D eigenvalue weighted by Gasteiger charge is 2.26. The first kappa shape index (κ1) is 11.1. The molecule has 1 unspecified atom stereocenters. The number of Topliss-reactive ketones (excluding diaryl/α,β-unsaturated/α-hetero) is 1. The molecule has 0 aliphatic heterocycles. The van der Waals surface area contributed by atoms with Crippen molar-refractivity contribution >= 4 is 33.3 Å². The molecule has 0 amide bonds. The highest BCUT2D eigenvalue weighted by atomic mass is 79.9. The third-order valence-electron chi connectivity index (χ3n) is 2.75. The average molecular weight is 292 g/mol. The summed E-state index contributed by atoms with van der Waals surface area (Å²) in [5.74, 6) is -0.188. The van der Waals surface area contributed by atoms with Gasteiger partial charge in [-0.05, 0) is 39.9 Å². The lowest BCUT2D eigenvalue weighted by molar-refractivity contribution is -0.117. The maximum absolute atomic E-state index is 13.8. The summed E-state index contributed by atoms with van der Waals surface area (Å²) >= 11 is 8.95. The molecule has 1 aromatic carbocycles. The largest absolute Gasteiger partial charge is 0.300 e. The van der Waals surface area contributed by atoms with Crippen LogP contribution in [0.3, 0.4) is 0 Å². The minimum atomic E-state index is -0.397. The van der Waals surface area contributed by atoms with Crippen molar-refractivity contribution in [2.45, 2.75) is 25.2 Å². The average Bonchev–Trinajstić information content (AvgIpc) is 2.61.